The van der Waals surface area contributed by atoms with E-state index in [0.29, 0.717) is 27.2 Å². The van der Waals surface area contributed by atoms with Crippen LogP contribution in [0.25, 0.3) is 0 Å². The number of halogens is 2. The average molecular weight is 341 g/mol. The van der Waals surface area contributed by atoms with E-state index in [4.69, 9.17) is 32.7 Å². The first-order valence-corrected chi connectivity index (χ1v) is 7.11. The van der Waals surface area contributed by atoms with Gasteiger partial charge in [-0.3, -0.25) is 0 Å². The van der Waals surface area contributed by atoms with Crippen molar-refractivity contribution in [3.63, 3.8) is 0 Å². The van der Waals surface area contributed by atoms with Crippen LogP contribution in [0.4, 0.5) is 10.5 Å². The molecule has 0 aliphatic heterocycles. The Labute approximate surface area is 138 Å². The first-order valence-electron chi connectivity index (χ1n) is 6.35. The Balaban J connectivity index is 1.79. The molecule has 0 bridgehead atoms. The highest BCUT2D eigenvalue weighted by atomic mass is 35.5. The quantitative estimate of drug-likeness (QED) is 0.803. The van der Waals surface area contributed by atoms with Crippen molar-refractivity contribution in [2.45, 2.75) is 0 Å². The van der Waals surface area contributed by atoms with Crippen LogP contribution in [-0.2, 0) is 0 Å². The van der Waals surface area contributed by atoms with E-state index < -0.39 is 6.03 Å². The third-order valence-electron chi connectivity index (χ3n) is 2.70. The Morgan fingerprint density at radius 3 is 2.50 bits per heavy atom. The first-order chi connectivity index (χ1) is 10.6. The lowest BCUT2D eigenvalue weighted by Crippen LogP contribution is -2.32. The molecule has 0 spiro atoms. The number of ether oxygens (including phenoxy) is 2. The number of hydrogen-bond donors (Lipinski definition) is 2. The molecule has 0 radical (unpaired) electrons. The van der Waals surface area contributed by atoms with Crippen LogP contribution in [0, 0.1) is 0 Å². The van der Waals surface area contributed by atoms with Crippen LogP contribution in [-0.4, -0.2) is 19.9 Å². The summed E-state index contributed by atoms with van der Waals surface area (Å²) in [4.78, 5) is 11.7. The zero-order valence-corrected chi connectivity index (χ0v) is 13.2. The molecule has 2 N–H and O–H groups in total. The third-order valence-corrected chi connectivity index (χ3v) is 3.23. The smallest absolute Gasteiger partial charge is 0.321 e. The molecule has 0 aliphatic rings. The van der Waals surface area contributed by atoms with Gasteiger partial charge in [0.1, 0.15) is 11.5 Å². The molecule has 0 saturated carbocycles. The molecule has 0 fully saturated rings. The second kappa shape index (κ2) is 7.77. The predicted octanol–water partition coefficient (Wildman–Crippen LogP) is 4.16. The van der Waals surface area contributed by atoms with Gasteiger partial charge in [0.05, 0.1) is 12.1 Å². The number of carbonyl (C=O) groups is 1. The van der Waals surface area contributed by atoms with E-state index in [1.54, 1.807) is 49.6 Å². The van der Waals surface area contributed by atoms with Crippen LogP contribution in [0.1, 0.15) is 0 Å². The molecule has 2 aromatic carbocycles. The summed E-state index contributed by atoms with van der Waals surface area (Å²) in [5.74, 6) is 1.16. The monoisotopic (exact) mass is 340 g/mol. The molecule has 116 valence electrons. The molecule has 0 atom stereocenters. The maximum absolute atomic E-state index is 11.7. The molecule has 0 heterocycles. The number of hydrogen-bond acceptors (Lipinski definition) is 3. The molecule has 0 unspecified atom stereocenters. The zero-order chi connectivity index (χ0) is 15.9. The Kier molecular flexibility index (Phi) is 5.75. The number of urea groups is 1. The second-order valence-corrected chi connectivity index (χ2v) is 5.07. The van der Waals surface area contributed by atoms with Gasteiger partial charge in [-0.1, -0.05) is 23.2 Å². The number of methoxy groups -OCH3 is 1. The lowest BCUT2D eigenvalue weighted by atomic mass is 10.3. The Hall–Kier alpha value is -2.11. The fraction of sp³-hybridized carbons (Fsp3) is 0.133. The summed E-state index contributed by atoms with van der Waals surface area (Å²) in [6.07, 6.45) is 0. The van der Waals surface area contributed by atoms with Gasteiger partial charge in [0, 0.05) is 10.7 Å². The lowest BCUT2D eigenvalue weighted by Gasteiger charge is -2.10. The van der Waals surface area contributed by atoms with Gasteiger partial charge in [-0.05, 0) is 42.5 Å². The highest BCUT2D eigenvalue weighted by Crippen LogP contribution is 2.27. The van der Waals surface area contributed by atoms with Gasteiger partial charge in [-0.2, -0.15) is 0 Å². The van der Waals surface area contributed by atoms with Gasteiger partial charge in [-0.15, -0.1) is 0 Å². The first kappa shape index (κ1) is 16.3. The van der Waals surface area contributed by atoms with Crippen LogP contribution in [0.3, 0.4) is 0 Å². The van der Waals surface area contributed by atoms with Crippen LogP contribution < -0.4 is 20.1 Å². The fourth-order valence-electron chi connectivity index (χ4n) is 1.62. The normalized spacial score (nSPS) is 9.95. The molecular weight excluding hydrogens is 327 g/mol. The van der Waals surface area contributed by atoms with Crippen LogP contribution >= 0.6 is 23.2 Å². The Bertz CT molecular complexity index is 648. The van der Waals surface area contributed by atoms with Crippen LogP contribution in [0.2, 0.25) is 10.0 Å². The van der Waals surface area contributed by atoms with E-state index in [1.165, 1.54) is 0 Å². The van der Waals surface area contributed by atoms with Gasteiger partial charge in [0.2, 0.25) is 0 Å². The molecule has 0 aromatic heterocycles. The number of rotatable bonds is 5. The van der Waals surface area contributed by atoms with Crippen molar-refractivity contribution in [3.8, 4) is 11.5 Å². The molecule has 2 amide bonds. The molecule has 7 heteroatoms. The Morgan fingerprint density at radius 1 is 1.14 bits per heavy atom. The SMILES string of the molecule is COc1ccc(NC(=O)NCOc2ccc(Cl)cc2Cl)cc1. The number of carbonyl (C=O) groups excluding carboxylic acids is 1. The molecule has 2 rings (SSSR count). The second-order valence-electron chi connectivity index (χ2n) is 4.22. The third kappa shape index (κ3) is 4.72. The zero-order valence-electron chi connectivity index (χ0n) is 11.7. The van der Waals surface area contributed by atoms with E-state index in [-0.39, 0.29) is 6.73 Å². The summed E-state index contributed by atoms with van der Waals surface area (Å²) in [5, 5.41) is 6.11. The molecule has 22 heavy (non-hydrogen) atoms. The maximum atomic E-state index is 11.7. The number of amides is 2. The maximum Gasteiger partial charge on any atom is 0.321 e. The van der Waals surface area contributed by atoms with Crippen molar-refractivity contribution in [2.24, 2.45) is 0 Å². The minimum atomic E-state index is -0.393. The summed E-state index contributed by atoms with van der Waals surface area (Å²) in [5.41, 5.74) is 0.642. The van der Waals surface area contributed by atoms with Crippen molar-refractivity contribution in [3.05, 3.63) is 52.5 Å². The minimum absolute atomic E-state index is 0.0245. The van der Waals surface area contributed by atoms with Crippen LogP contribution in [0.15, 0.2) is 42.5 Å². The average Bonchev–Trinajstić information content (AvgIpc) is 2.50. The summed E-state index contributed by atoms with van der Waals surface area (Å²) in [6, 6.07) is 11.4. The molecule has 0 saturated heterocycles. The van der Waals surface area contributed by atoms with Crippen molar-refractivity contribution < 1.29 is 14.3 Å². The molecule has 2 aromatic rings. The van der Waals surface area contributed by atoms with Crippen molar-refractivity contribution in [1.29, 1.82) is 0 Å². The largest absolute Gasteiger partial charge is 0.497 e. The van der Waals surface area contributed by atoms with Gasteiger partial charge < -0.3 is 20.1 Å². The van der Waals surface area contributed by atoms with Crippen molar-refractivity contribution >= 4 is 34.9 Å². The molecule has 0 aliphatic carbocycles. The summed E-state index contributed by atoms with van der Waals surface area (Å²) < 4.78 is 10.4. The van der Waals surface area contributed by atoms with E-state index >= 15 is 0 Å². The standard InChI is InChI=1S/C15H14Cl2N2O3/c1-21-12-5-3-11(4-6-12)19-15(20)18-9-22-14-7-2-10(16)8-13(14)17/h2-8H,9H2,1H3,(H2,18,19,20). The topological polar surface area (TPSA) is 59.6 Å². The van der Waals surface area contributed by atoms with Gasteiger partial charge >= 0.3 is 6.03 Å². The van der Waals surface area contributed by atoms with E-state index in [0.717, 1.165) is 0 Å². The molecule has 5 nitrogen and oxygen atoms in total. The van der Waals surface area contributed by atoms with E-state index in [1.807, 2.05) is 0 Å². The fourth-order valence-corrected chi connectivity index (χ4v) is 2.08. The van der Waals surface area contributed by atoms with Gasteiger partial charge in [0.15, 0.2) is 6.73 Å². The van der Waals surface area contributed by atoms with Crippen molar-refractivity contribution in [1.82, 2.24) is 5.32 Å². The van der Waals surface area contributed by atoms with Crippen molar-refractivity contribution in [2.75, 3.05) is 19.2 Å². The van der Waals surface area contributed by atoms with Crippen LogP contribution in [0.5, 0.6) is 11.5 Å². The summed E-state index contributed by atoms with van der Waals surface area (Å²) in [7, 11) is 1.58. The molecular formula is C15H14Cl2N2O3. The number of benzene rings is 2. The summed E-state index contributed by atoms with van der Waals surface area (Å²) in [6.45, 7) is -0.0245. The van der Waals surface area contributed by atoms with E-state index in [2.05, 4.69) is 10.6 Å². The number of nitrogens with one attached hydrogen (secondary N) is 2. The minimum Gasteiger partial charge on any atom is -0.497 e. The highest BCUT2D eigenvalue weighted by molar-refractivity contribution is 6.35. The highest BCUT2D eigenvalue weighted by Gasteiger charge is 2.04. The lowest BCUT2D eigenvalue weighted by molar-refractivity contribution is 0.234. The number of anilines is 1. The predicted molar refractivity (Wildman–Crippen MR) is 87.1 cm³/mol. The van der Waals surface area contributed by atoms with Gasteiger partial charge in [-0.25, -0.2) is 4.79 Å². The van der Waals surface area contributed by atoms with E-state index in [9.17, 15) is 4.79 Å². The summed E-state index contributed by atoms with van der Waals surface area (Å²) >= 11 is 11.7. The van der Waals surface area contributed by atoms with Gasteiger partial charge in [0.25, 0.3) is 0 Å². The Morgan fingerprint density at radius 2 is 1.86 bits per heavy atom.